The predicted molar refractivity (Wildman–Crippen MR) is 44.7 cm³/mol. The van der Waals surface area contributed by atoms with E-state index in [4.69, 9.17) is 0 Å². The predicted octanol–water partition coefficient (Wildman–Crippen LogP) is 3.34. The fraction of sp³-hybridized carbons (Fsp3) is 0.800. The monoisotopic (exact) mass is 137 g/mol. The lowest BCUT2D eigenvalue weighted by atomic mass is 10.0. The van der Waals surface area contributed by atoms with Crippen LogP contribution < -0.4 is 0 Å². The summed E-state index contributed by atoms with van der Waals surface area (Å²) in [6.45, 7) is 2.00. The maximum Gasteiger partial charge on any atom is -0.0228 e. The van der Waals surface area contributed by atoms with Crippen molar-refractivity contribution in [2.24, 2.45) is 5.92 Å². The maximum atomic E-state index is 3.14. The highest BCUT2D eigenvalue weighted by molar-refractivity contribution is 4.81. The van der Waals surface area contributed by atoms with Crippen molar-refractivity contribution in [1.82, 2.24) is 0 Å². The molecular formula is C10H17. The third kappa shape index (κ3) is 2.55. The molecule has 0 atom stereocenters. The van der Waals surface area contributed by atoms with E-state index in [1.165, 1.54) is 38.5 Å². The molecule has 1 fully saturated rings. The molecule has 0 bridgehead atoms. The van der Waals surface area contributed by atoms with E-state index in [1.54, 1.807) is 0 Å². The third-order valence-electron chi connectivity index (χ3n) is 2.30. The van der Waals surface area contributed by atoms with Crippen LogP contribution >= 0.6 is 0 Å². The molecule has 1 saturated carbocycles. The van der Waals surface area contributed by atoms with Gasteiger partial charge in [-0.2, -0.15) is 0 Å². The lowest BCUT2D eigenvalue weighted by Crippen LogP contribution is -1.92. The second-order valence-electron chi connectivity index (χ2n) is 3.21. The average molecular weight is 137 g/mol. The highest BCUT2D eigenvalue weighted by Crippen LogP contribution is 2.23. The van der Waals surface area contributed by atoms with Gasteiger partial charge in [0, 0.05) is 0 Å². The van der Waals surface area contributed by atoms with Crippen molar-refractivity contribution in [3.05, 3.63) is 12.2 Å². The number of hydrogen-bond acceptors (Lipinski definition) is 0. The zero-order chi connectivity index (χ0) is 7.23. The first-order chi connectivity index (χ1) is 4.93. The molecular weight excluding hydrogens is 120 g/mol. The topological polar surface area (TPSA) is 0 Å². The molecule has 0 saturated heterocycles. The van der Waals surface area contributed by atoms with Crippen molar-refractivity contribution in [2.75, 3.05) is 0 Å². The van der Waals surface area contributed by atoms with Gasteiger partial charge >= 0.3 is 0 Å². The van der Waals surface area contributed by atoms with E-state index in [-0.39, 0.29) is 0 Å². The molecule has 0 unspecified atom stereocenters. The quantitative estimate of drug-likeness (QED) is 0.486. The van der Waals surface area contributed by atoms with E-state index < -0.39 is 0 Å². The fourth-order valence-electron chi connectivity index (χ4n) is 1.71. The van der Waals surface area contributed by atoms with Crippen LogP contribution in [0.15, 0.2) is 6.08 Å². The molecule has 0 aromatic carbocycles. The van der Waals surface area contributed by atoms with Crippen molar-refractivity contribution in [2.45, 2.75) is 45.4 Å². The molecule has 0 aromatic heterocycles. The van der Waals surface area contributed by atoms with Gasteiger partial charge < -0.3 is 0 Å². The molecule has 0 spiro atoms. The lowest BCUT2D eigenvalue weighted by Gasteiger charge is -2.05. The first-order valence-corrected chi connectivity index (χ1v) is 4.44. The second-order valence-corrected chi connectivity index (χ2v) is 3.21. The van der Waals surface area contributed by atoms with E-state index in [0.717, 1.165) is 5.92 Å². The van der Waals surface area contributed by atoms with Gasteiger partial charge in [0.25, 0.3) is 0 Å². The van der Waals surface area contributed by atoms with E-state index in [2.05, 4.69) is 12.2 Å². The molecule has 1 aliphatic rings. The Balaban J connectivity index is 2.28. The summed E-state index contributed by atoms with van der Waals surface area (Å²) in [5.41, 5.74) is 0. The minimum Gasteiger partial charge on any atom is -0.0782 e. The van der Waals surface area contributed by atoms with Gasteiger partial charge in [-0.1, -0.05) is 37.8 Å². The van der Waals surface area contributed by atoms with Gasteiger partial charge in [-0.15, -0.1) is 0 Å². The Bertz CT molecular complexity index is 94.6. The molecule has 10 heavy (non-hydrogen) atoms. The van der Waals surface area contributed by atoms with Crippen LogP contribution in [0.3, 0.4) is 0 Å². The first-order valence-electron chi connectivity index (χ1n) is 4.44. The summed E-state index contributed by atoms with van der Waals surface area (Å²) < 4.78 is 0. The molecule has 0 aromatic rings. The van der Waals surface area contributed by atoms with Gasteiger partial charge in [0.2, 0.25) is 0 Å². The zero-order valence-electron chi connectivity index (χ0n) is 6.90. The van der Waals surface area contributed by atoms with Crippen LogP contribution in [-0.4, -0.2) is 0 Å². The van der Waals surface area contributed by atoms with Crippen LogP contribution in [0.2, 0.25) is 0 Å². The number of allylic oxidation sites excluding steroid dienone is 2. The summed E-state index contributed by atoms with van der Waals surface area (Å²) in [5, 5.41) is 0. The smallest absolute Gasteiger partial charge is 0.0228 e. The minimum absolute atomic E-state index is 0.854. The third-order valence-corrected chi connectivity index (χ3v) is 2.30. The lowest BCUT2D eigenvalue weighted by molar-refractivity contribution is 0.557. The largest absolute Gasteiger partial charge is 0.0782 e. The standard InChI is InChI=1S/C10H17/c1-2-7-10-8-5-3-4-6-9-10/h7,10H,3-6,8-9H2,1H3. The molecule has 57 valence electrons. The highest BCUT2D eigenvalue weighted by atomic mass is 14.1. The Morgan fingerprint density at radius 3 is 2.20 bits per heavy atom. The second kappa shape index (κ2) is 4.54. The van der Waals surface area contributed by atoms with Crippen LogP contribution in [0.4, 0.5) is 0 Å². The summed E-state index contributed by atoms with van der Waals surface area (Å²) in [6, 6.07) is 0. The molecule has 0 heterocycles. The highest BCUT2D eigenvalue weighted by Gasteiger charge is 2.07. The average Bonchev–Trinajstić information content (AvgIpc) is 2.17. The van der Waals surface area contributed by atoms with Crippen molar-refractivity contribution >= 4 is 0 Å². The summed E-state index contributed by atoms with van der Waals surface area (Å²) in [6.07, 6.45) is 14.0. The van der Waals surface area contributed by atoms with Gasteiger partial charge in [0.05, 0.1) is 0 Å². The van der Waals surface area contributed by atoms with Crippen LogP contribution in [0.25, 0.3) is 0 Å². The van der Waals surface area contributed by atoms with E-state index in [1.807, 2.05) is 6.92 Å². The molecule has 0 N–H and O–H groups in total. The van der Waals surface area contributed by atoms with Crippen molar-refractivity contribution in [3.63, 3.8) is 0 Å². The van der Waals surface area contributed by atoms with Crippen molar-refractivity contribution < 1.29 is 0 Å². The van der Waals surface area contributed by atoms with Crippen LogP contribution in [0, 0.1) is 12.0 Å². The molecule has 0 heteroatoms. The first kappa shape index (κ1) is 7.84. The molecule has 0 aliphatic heterocycles. The van der Waals surface area contributed by atoms with Crippen molar-refractivity contribution in [3.8, 4) is 0 Å². The van der Waals surface area contributed by atoms with E-state index in [0.29, 0.717) is 0 Å². The molecule has 0 nitrogen and oxygen atoms in total. The van der Waals surface area contributed by atoms with Gasteiger partial charge in [0.1, 0.15) is 0 Å². The van der Waals surface area contributed by atoms with Gasteiger partial charge in [-0.3, -0.25) is 0 Å². The Hall–Kier alpha value is -0.260. The Morgan fingerprint density at radius 2 is 1.70 bits per heavy atom. The summed E-state index contributed by atoms with van der Waals surface area (Å²) in [7, 11) is 0. The Morgan fingerprint density at radius 1 is 1.10 bits per heavy atom. The SMILES string of the molecule is C[C]=CC1CCCCCC1. The summed E-state index contributed by atoms with van der Waals surface area (Å²) >= 11 is 0. The summed E-state index contributed by atoms with van der Waals surface area (Å²) in [4.78, 5) is 0. The van der Waals surface area contributed by atoms with E-state index >= 15 is 0 Å². The maximum absolute atomic E-state index is 3.14. The number of hydrogen-bond donors (Lipinski definition) is 0. The fourth-order valence-corrected chi connectivity index (χ4v) is 1.71. The normalized spacial score (nSPS) is 23.3. The van der Waals surface area contributed by atoms with Gasteiger partial charge in [0.15, 0.2) is 0 Å². The van der Waals surface area contributed by atoms with Gasteiger partial charge in [-0.25, -0.2) is 0 Å². The molecule has 1 aliphatic carbocycles. The summed E-state index contributed by atoms with van der Waals surface area (Å²) in [5.74, 6) is 0.854. The Labute approximate surface area is 64.3 Å². The Kier molecular flexibility index (Phi) is 3.56. The number of rotatable bonds is 1. The van der Waals surface area contributed by atoms with Gasteiger partial charge in [-0.05, 0) is 25.7 Å². The van der Waals surface area contributed by atoms with E-state index in [9.17, 15) is 0 Å². The molecule has 1 radical (unpaired) electrons. The minimum atomic E-state index is 0.854. The zero-order valence-corrected chi connectivity index (χ0v) is 6.90. The van der Waals surface area contributed by atoms with Crippen LogP contribution in [0.5, 0.6) is 0 Å². The van der Waals surface area contributed by atoms with Crippen molar-refractivity contribution in [1.29, 1.82) is 0 Å². The molecule has 1 rings (SSSR count). The molecule has 0 amide bonds. The van der Waals surface area contributed by atoms with Crippen LogP contribution in [-0.2, 0) is 0 Å². The van der Waals surface area contributed by atoms with Crippen LogP contribution in [0.1, 0.15) is 45.4 Å².